The largest absolute Gasteiger partial charge is 0.478 e. The van der Waals surface area contributed by atoms with Crippen molar-refractivity contribution in [1.82, 2.24) is 4.57 Å². The molecule has 0 saturated heterocycles. The van der Waals surface area contributed by atoms with E-state index in [-0.39, 0.29) is 5.56 Å². The molecule has 1 heterocycles. The maximum atomic E-state index is 11.2. The van der Waals surface area contributed by atoms with Gasteiger partial charge < -0.3 is 9.67 Å². The highest BCUT2D eigenvalue weighted by Crippen LogP contribution is 2.21. The van der Waals surface area contributed by atoms with Gasteiger partial charge in [-0.25, -0.2) is 4.79 Å². The van der Waals surface area contributed by atoms with Crippen molar-refractivity contribution in [2.45, 2.75) is 0 Å². The van der Waals surface area contributed by atoms with Crippen LogP contribution >= 0.6 is 0 Å². The highest BCUT2D eigenvalue weighted by atomic mass is 16.4. The summed E-state index contributed by atoms with van der Waals surface area (Å²) in [5.74, 6) is -0.939. The second-order valence-corrected chi connectivity index (χ2v) is 5.95. The first-order chi connectivity index (χ1) is 12.7. The van der Waals surface area contributed by atoms with Gasteiger partial charge in [0.2, 0.25) is 0 Å². The lowest BCUT2D eigenvalue weighted by Crippen LogP contribution is -2.01. The van der Waals surface area contributed by atoms with Gasteiger partial charge in [0, 0.05) is 11.9 Å². The lowest BCUT2D eigenvalue weighted by Gasteiger charge is -2.07. The number of aliphatic imine (C=N–C) groups is 1. The first-order valence-electron chi connectivity index (χ1n) is 8.25. The zero-order valence-corrected chi connectivity index (χ0v) is 13.9. The Balaban J connectivity index is 1.67. The molecule has 4 rings (SSSR count). The number of carboxylic acids is 1. The number of fused-ring (bicyclic) bond motifs is 1. The average Bonchev–Trinajstić information content (AvgIpc) is 3.15. The number of nitrogens with zero attached hydrogens (tertiary/aromatic N) is 2. The minimum atomic E-state index is -0.939. The number of aromatic carboxylic acids is 1. The standard InChI is InChI=1S/C22H16N2O2/c25-22(26)18-7-3-8-20(14-18)24-12-4-9-21(24)15-23-19-11-10-16-5-1-2-6-17(16)13-19/h1-15H,(H,25,26). The fourth-order valence-corrected chi connectivity index (χ4v) is 2.92. The Morgan fingerprint density at radius 1 is 0.885 bits per heavy atom. The van der Waals surface area contributed by atoms with Crippen LogP contribution in [0.3, 0.4) is 0 Å². The van der Waals surface area contributed by atoms with E-state index in [1.54, 1.807) is 24.4 Å². The van der Waals surface area contributed by atoms with Gasteiger partial charge >= 0.3 is 5.97 Å². The van der Waals surface area contributed by atoms with Crippen molar-refractivity contribution in [3.8, 4) is 5.69 Å². The van der Waals surface area contributed by atoms with E-state index in [0.717, 1.165) is 22.5 Å². The molecule has 0 aliphatic heterocycles. The second-order valence-electron chi connectivity index (χ2n) is 5.95. The van der Waals surface area contributed by atoms with Crippen molar-refractivity contribution in [3.05, 3.63) is 96.3 Å². The number of carboxylic acid groups (broad SMARTS) is 1. The van der Waals surface area contributed by atoms with Crippen molar-refractivity contribution in [3.63, 3.8) is 0 Å². The van der Waals surface area contributed by atoms with E-state index in [2.05, 4.69) is 23.2 Å². The molecule has 4 nitrogen and oxygen atoms in total. The normalized spacial score (nSPS) is 11.2. The Bertz CT molecular complexity index is 1130. The molecule has 1 aromatic heterocycles. The van der Waals surface area contributed by atoms with E-state index in [9.17, 15) is 9.90 Å². The molecule has 126 valence electrons. The zero-order valence-electron chi connectivity index (χ0n) is 13.9. The van der Waals surface area contributed by atoms with Crippen LogP contribution in [0.2, 0.25) is 0 Å². The predicted molar refractivity (Wildman–Crippen MR) is 104 cm³/mol. The van der Waals surface area contributed by atoms with Gasteiger partial charge in [0.05, 0.1) is 23.2 Å². The van der Waals surface area contributed by atoms with Gasteiger partial charge in [-0.3, -0.25) is 4.99 Å². The third-order valence-corrected chi connectivity index (χ3v) is 4.23. The van der Waals surface area contributed by atoms with Crippen LogP contribution in [0.25, 0.3) is 16.5 Å². The van der Waals surface area contributed by atoms with Crippen molar-refractivity contribution in [1.29, 1.82) is 0 Å². The van der Waals surface area contributed by atoms with E-state index in [1.807, 2.05) is 53.2 Å². The molecule has 4 aromatic rings. The fraction of sp³-hybridized carbons (Fsp3) is 0. The van der Waals surface area contributed by atoms with Gasteiger partial charge in [-0.1, -0.05) is 36.4 Å². The highest BCUT2D eigenvalue weighted by molar-refractivity contribution is 5.89. The summed E-state index contributed by atoms with van der Waals surface area (Å²) in [4.78, 5) is 15.8. The Morgan fingerprint density at radius 2 is 1.73 bits per heavy atom. The topological polar surface area (TPSA) is 54.6 Å². The third kappa shape index (κ3) is 3.13. The van der Waals surface area contributed by atoms with E-state index in [0.29, 0.717) is 0 Å². The molecule has 0 bridgehead atoms. The van der Waals surface area contributed by atoms with Crippen LogP contribution in [0.1, 0.15) is 16.1 Å². The number of benzene rings is 3. The Kier molecular flexibility index (Phi) is 4.07. The molecule has 0 aliphatic carbocycles. The quantitative estimate of drug-likeness (QED) is 0.527. The fourth-order valence-electron chi connectivity index (χ4n) is 2.92. The van der Waals surface area contributed by atoms with Gasteiger partial charge in [0.25, 0.3) is 0 Å². The van der Waals surface area contributed by atoms with Gasteiger partial charge in [0.1, 0.15) is 0 Å². The lowest BCUT2D eigenvalue weighted by molar-refractivity contribution is 0.0697. The molecule has 0 amide bonds. The van der Waals surface area contributed by atoms with Crippen LogP contribution in [0.4, 0.5) is 5.69 Å². The molecule has 26 heavy (non-hydrogen) atoms. The van der Waals surface area contributed by atoms with Crippen molar-refractivity contribution in [2.24, 2.45) is 4.99 Å². The maximum Gasteiger partial charge on any atom is 0.335 e. The Morgan fingerprint density at radius 3 is 2.58 bits per heavy atom. The molecule has 0 aliphatic rings. The van der Waals surface area contributed by atoms with Crippen molar-refractivity contribution >= 4 is 28.6 Å². The number of aromatic nitrogens is 1. The summed E-state index contributed by atoms with van der Waals surface area (Å²) in [6, 6.07) is 24.9. The highest BCUT2D eigenvalue weighted by Gasteiger charge is 2.06. The molecule has 0 fully saturated rings. The van der Waals surface area contributed by atoms with Crippen LogP contribution in [-0.4, -0.2) is 21.9 Å². The SMILES string of the molecule is O=C(O)c1cccc(-n2cccc2C=Nc2ccc3ccccc3c2)c1. The summed E-state index contributed by atoms with van der Waals surface area (Å²) in [5.41, 5.74) is 2.79. The van der Waals surface area contributed by atoms with Gasteiger partial charge in [-0.2, -0.15) is 0 Å². The monoisotopic (exact) mass is 340 g/mol. The van der Waals surface area contributed by atoms with Gasteiger partial charge in [-0.05, 0) is 53.2 Å². The first kappa shape index (κ1) is 15.8. The van der Waals surface area contributed by atoms with Crippen LogP contribution in [0.5, 0.6) is 0 Å². The summed E-state index contributed by atoms with van der Waals surface area (Å²) < 4.78 is 1.91. The Labute approximate surface area is 150 Å². The first-order valence-corrected chi connectivity index (χ1v) is 8.25. The molecule has 0 unspecified atom stereocenters. The van der Waals surface area contributed by atoms with E-state index >= 15 is 0 Å². The lowest BCUT2D eigenvalue weighted by atomic mass is 10.1. The van der Waals surface area contributed by atoms with Crippen LogP contribution in [0.15, 0.2) is 90.1 Å². The number of carbonyl (C=O) groups is 1. The van der Waals surface area contributed by atoms with Crippen molar-refractivity contribution in [2.75, 3.05) is 0 Å². The predicted octanol–water partition coefficient (Wildman–Crippen LogP) is 5.08. The molecule has 3 aromatic carbocycles. The molecule has 0 radical (unpaired) electrons. The van der Waals surface area contributed by atoms with E-state index in [1.165, 1.54) is 5.39 Å². The van der Waals surface area contributed by atoms with Crippen LogP contribution in [-0.2, 0) is 0 Å². The van der Waals surface area contributed by atoms with Gasteiger partial charge in [-0.15, -0.1) is 0 Å². The number of hydrogen-bond acceptors (Lipinski definition) is 2. The number of rotatable bonds is 4. The molecular weight excluding hydrogens is 324 g/mol. The smallest absolute Gasteiger partial charge is 0.335 e. The third-order valence-electron chi connectivity index (χ3n) is 4.23. The Hall–Kier alpha value is -3.66. The second kappa shape index (κ2) is 6.69. The van der Waals surface area contributed by atoms with Crippen LogP contribution in [0, 0.1) is 0 Å². The average molecular weight is 340 g/mol. The summed E-state index contributed by atoms with van der Waals surface area (Å²) in [7, 11) is 0. The minimum Gasteiger partial charge on any atom is -0.478 e. The van der Waals surface area contributed by atoms with E-state index in [4.69, 9.17) is 0 Å². The molecule has 0 spiro atoms. The summed E-state index contributed by atoms with van der Waals surface area (Å²) in [6.07, 6.45) is 3.68. The van der Waals surface area contributed by atoms with Gasteiger partial charge in [0.15, 0.2) is 0 Å². The summed E-state index contributed by atoms with van der Waals surface area (Å²) in [5, 5.41) is 11.5. The molecule has 4 heteroatoms. The molecule has 0 atom stereocenters. The maximum absolute atomic E-state index is 11.2. The molecule has 1 N–H and O–H groups in total. The molecule has 0 saturated carbocycles. The summed E-state index contributed by atoms with van der Waals surface area (Å²) in [6.45, 7) is 0. The minimum absolute atomic E-state index is 0.258. The van der Waals surface area contributed by atoms with E-state index < -0.39 is 5.97 Å². The summed E-state index contributed by atoms with van der Waals surface area (Å²) >= 11 is 0. The van der Waals surface area contributed by atoms with Crippen LogP contribution < -0.4 is 0 Å². The van der Waals surface area contributed by atoms with Crippen molar-refractivity contribution < 1.29 is 9.90 Å². The molecular formula is C22H16N2O2. The zero-order chi connectivity index (χ0) is 17.9. The number of hydrogen-bond donors (Lipinski definition) is 1.